The van der Waals surface area contributed by atoms with Gasteiger partial charge in [0, 0.05) is 28.7 Å². The zero-order chi connectivity index (χ0) is 27.9. The second kappa shape index (κ2) is 12.6. The van der Waals surface area contributed by atoms with Crippen LogP contribution in [0.15, 0.2) is 97.2 Å². The monoisotopic (exact) mass is 519 g/mol. The number of unbranched alkanes of at least 4 members (excludes halogenated alkanes) is 2. The number of aromatic nitrogens is 1. The molecule has 3 heteroatoms. The van der Waals surface area contributed by atoms with Crippen molar-refractivity contribution in [1.29, 1.82) is 0 Å². The average Bonchev–Trinajstić information content (AvgIpc) is 2.98. The van der Waals surface area contributed by atoms with Gasteiger partial charge in [-0.1, -0.05) is 102 Å². The molecule has 0 amide bonds. The topological polar surface area (TPSA) is 42.1 Å². The molecule has 1 heterocycles. The Hall–Kier alpha value is -3.43. The van der Waals surface area contributed by atoms with Crippen LogP contribution in [-0.2, 0) is 11.0 Å². The summed E-state index contributed by atoms with van der Waals surface area (Å²) in [5, 5.41) is 0. The molecule has 0 radical (unpaired) electrons. The zero-order valence-corrected chi connectivity index (χ0v) is 24.5. The van der Waals surface area contributed by atoms with Crippen LogP contribution in [0.1, 0.15) is 84.4 Å². The number of benzene rings is 3. The van der Waals surface area contributed by atoms with Crippen molar-refractivity contribution in [2.24, 2.45) is 5.73 Å². The molecule has 3 aromatic carbocycles. The Morgan fingerprint density at radius 3 is 1.87 bits per heavy atom. The standard InChI is InChI=1S/C36H45N3/c1-6-9-16-25-35(4,5)29-22-23-33(39(30-17-12-10-13-18-30)31-19-14-11-15-20-31)32(26-29)28-21-24-34(38-27-28)36(37,7-2)8-3/h10-15,17-24,26-27H,6-9,16,25,37H2,1-5H3. The number of nitrogens with zero attached hydrogens (tertiary/aromatic N) is 2. The Labute approximate surface area is 236 Å². The van der Waals surface area contributed by atoms with E-state index in [1.54, 1.807) is 0 Å². The van der Waals surface area contributed by atoms with Crippen LogP contribution in [0.25, 0.3) is 11.1 Å². The van der Waals surface area contributed by atoms with Gasteiger partial charge >= 0.3 is 0 Å². The summed E-state index contributed by atoms with van der Waals surface area (Å²) in [6.45, 7) is 11.3. The maximum Gasteiger partial charge on any atom is 0.0602 e. The highest BCUT2D eigenvalue weighted by Crippen LogP contribution is 2.43. The van der Waals surface area contributed by atoms with Crippen molar-refractivity contribution in [2.45, 2.75) is 84.1 Å². The Morgan fingerprint density at radius 1 is 0.744 bits per heavy atom. The molecular weight excluding hydrogens is 474 g/mol. The first-order valence-electron chi connectivity index (χ1n) is 14.6. The SMILES string of the molecule is CCCCCC(C)(C)c1ccc(N(c2ccccc2)c2ccccc2)c(-c2ccc(C(N)(CC)CC)nc2)c1. The third kappa shape index (κ3) is 6.42. The van der Waals surface area contributed by atoms with Gasteiger partial charge in [-0.3, -0.25) is 4.98 Å². The lowest BCUT2D eigenvalue weighted by molar-refractivity contribution is 0.401. The van der Waals surface area contributed by atoms with Crippen LogP contribution in [0.5, 0.6) is 0 Å². The van der Waals surface area contributed by atoms with Crippen LogP contribution in [0.3, 0.4) is 0 Å². The lowest BCUT2D eigenvalue weighted by Gasteiger charge is -2.31. The maximum absolute atomic E-state index is 6.71. The molecule has 0 aliphatic rings. The molecule has 0 unspecified atom stereocenters. The Kier molecular flexibility index (Phi) is 9.24. The predicted octanol–water partition coefficient (Wildman–Crippen LogP) is 10.1. The molecule has 0 spiro atoms. The number of para-hydroxylation sites is 2. The van der Waals surface area contributed by atoms with Crippen LogP contribution >= 0.6 is 0 Å². The smallest absolute Gasteiger partial charge is 0.0602 e. The zero-order valence-electron chi connectivity index (χ0n) is 24.5. The van der Waals surface area contributed by atoms with Gasteiger partial charge in [-0.05, 0) is 72.7 Å². The Balaban J connectivity index is 1.89. The summed E-state index contributed by atoms with van der Waals surface area (Å²) in [6, 6.07) is 32.6. The van der Waals surface area contributed by atoms with E-state index in [9.17, 15) is 0 Å². The fourth-order valence-corrected chi connectivity index (χ4v) is 5.39. The highest BCUT2D eigenvalue weighted by molar-refractivity contribution is 5.88. The number of hydrogen-bond acceptors (Lipinski definition) is 3. The van der Waals surface area contributed by atoms with Crippen molar-refractivity contribution >= 4 is 17.1 Å². The first kappa shape index (κ1) is 28.6. The summed E-state index contributed by atoms with van der Waals surface area (Å²) < 4.78 is 0. The summed E-state index contributed by atoms with van der Waals surface area (Å²) in [7, 11) is 0. The fraction of sp³-hybridized carbons (Fsp3) is 0.361. The lowest BCUT2D eigenvalue weighted by atomic mass is 9.78. The summed E-state index contributed by atoms with van der Waals surface area (Å²) in [5.41, 5.74) is 14.4. The first-order chi connectivity index (χ1) is 18.8. The Bertz CT molecular complexity index is 1270. The molecule has 0 saturated heterocycles. The third-order valence-corrected chi connectivity index (χ3v) is 8.30. The summed E-state index contributed by atoms with van der Waals surface area (Å²) >= 11 is 0. The van der Waals surface area contributed by atoms with Gasteiger partial charge in [0.15, 0.2) is 0 Å². The van der Waals surface area contributed by atoms with Crippen molar-refractivity contribution in [3.63, 3.8) is 0 Å². The van der Waals surface area contributed by atoms with Gasteiger partial charge in [-0.15, -0.1) is 0 Å². The number of hydrogen-bond donors (Lipinski definition) is 1. The lowest BCUT2D eigenvalue weighted by Crippen LogP contribution is -2.36. The van der Waals surface area contributed by atoms with E-state index >= 15 is 0 Å². The molecule has 204 valence electrons. The molecule has 4 aromatic rings. The quantitative estimate of drug-likeness (QED) is 0.189. The van der Waals surface area contributed by atoms with Crippen LogP contribution in [-0.4, -0.2) is 4.98 Å². The van der Waals surface area contributed by atoms with E-state index < -0.39 is 5.54 Å². The molecule has 1 aromatic heterocycles. The first-order valence-corrected chi connectivity index (χ1v) is 14.6. The van der Waals surface area contributed by atoms with Crippen LogP contribution in [0.2, 0.25) is 0 Å². The number of rotatable bonds is 12. The summed E-state index contributed by atoms with van der Waals surface area (Å²) in [5.74, 6) is 0. The van der Waals surface area contributed by atoms with Gasteiger partial charge < -0.3 is 10.6 Å². The van der Waals surface area contributed by atoms with Crippen LogP contribution in [0.4, 0.5) is 17.1 Å². The number of nitrogens with two attached hydrogens (primary N) is 1. The van der Waals surface area contributed by atoms with Crippen molar-refractivity contribution < 1.29 is 0 Å². The number of pyridine rings is 1. The molecule has 0 fully saturated rings. The van der Waals surface area contributed by atoms with E-state index in [4.69, 9.17) is 10.7 Å². The van der Waals surface area contributed by atoms with E-state index in [0.29, 0.717) is 0 Å². The van der Waals surface area contributed by atoms with Crippen LogP contribution < -0.4 is 10.6 Å². The fourth-order valence-electron chi connectivity index (χ4n) is 5.39. The van der Waals surface area contributed by atoms with E-state index in [2.05, 4.69) is 131 Å². The molecule has 3 nitrogen and oxygen atoms in total. The minimum Gasteiger partial charge on any atom is -0.320 e. The third-order valence-electron chi connectivity index (χ3n) is 8.30. The van der Waals surface area contributed by atoms with Gasteiger partial charge in [-0.25, -0.2) is 0 Å². The van der Waals surface area contributed by atoms with E-state index in [1.165, 1.54) is 36.8 Å². The maximum atomic E-state index is 6.71. The van der Waals surface area contributed by atoms with Crippen LogP contribution in [0, 0.1) is 0 Å². The molecular formula is C36H45N3. The predicted molar refractivity (Wildman–Crippen MR) is 168 cm³/mol. The van der Waals surface area contributed by atoms with Gasteiger partial charge in [-0.2, -0.15) is 0 Å². The molecule has 0 aliphatic carbocycles. The molecule has 4 rings (SSSR count). The van der Waals surface area contributed by atoms with E-state index in [-0.39, 0.29) is 5.41 Å². The number of anilines is 3. The highest BCUT2D eigenvalue weighted by atomic mass is 15.1. The van der Waals surface area contributed by atoms with Crippen molar-refractivity contribution in [2.75, 3.05) is 4.90 Å². The largest absolute Gasteiger partial charge is 0.320 e. The highest BCUT2D eigenvalue weighted by Gasteiger charge is 2.26. The second-order valence-electron chi connectivity index (χ2n) is 11.4. The summed E-state index contributed by atoms with van der Waals surface area (Å²) in [4.78, 5) is 7.27. The molecule has 39 heavy (non-hydrogen) atoms. The van der Waals surface area contributed by atoms with Gasteiger partial charge in [0.05, 0.1) is 16.9 Å². The summed E-state index contributed by atoms with van der Waals surface area (Å²) in [6.07, 6.45) is 8.65. The van der Waals surface area contributed by atoms with Crippen molar-refractivity contribution in [3.05, 3.63) is 108 Å². The molecule has 0 saturated carbocycles. The molecule has 0 bridgehead atoms. The van der Waals surface area contributed by atoms with E-state index in [1.807, 2.05) is 6.20 Å². The minimum atomic E-state index is -0.398. The average molecular weight is 520 g/mol. The molecule has 0 atom stereocenters. The second-order valence-corrected chi connectivity index (χ2v) is 11.4. The van der Waals surface area contributed by atoms with Crippen molar-refractivity contribution in [3.8, 4) is 11.1 Å². The van der Waals surface area contributed by atoms with Gasteiger partial charge in [0.25, 0.3) is 0 Å². The van der Waals surface area contributed by atoms with Gasteiger partial charge in [0.1, 0.15) is 0 Å². The molecule has 0 aliphatic heterocycles. The van der Waals surface area contributed by atoms with Gasteiger partial charge in [0.2, 0.25) is 0 Å². The molecule has 2 N–H and O–H groups in total. The minimum absolute atomic E-state index is 0.0803. The van der Waals surface area contributed by atoms with Crippen molar-refractivity contribution in [1.82, 2.24) is 4.98 Å². The van der Waals surface area contributed by atoms with E-state index in [0.717, 1.165) is 41.2 Å². The normalized spacial score (nSPS) is 11.9. The Morgan fingerprint density at radius 2 is 1.36 bits per heavy atom.